The smallest absolute Gasteiger partial charge is 0.289 e. The minimum Gasteiger partial charge on any atom is -0.451 e. The minimum atomic E-state index is -0.0346. The average Bonchev–Trinajstić information content (AvgIpc) is 2.89. The Balaban J connectivity index is 0.00000176. The van der Waals surface area contributed by atoms with E-state index in [-0.39, 0.29) is 24.4 Å². The number of carbonyl (C=O) groups is 1. The number of hydrogen-bond donors (Lipinski definition) is 1. The molecule has 2 unspecified atom stereocenters. The summed E-state index contributed by atoms with van der Waals surface area (Å²) >= 11 is 3.43. The lowest BCUT2D eigenvalue weighted by molar-refractivity contribution is 0.0631. The molecule has 1 aliphatic rings. The molecule has 0 spiro atoms. The van der Waals surface area contributed by atoms with Gasteiger partial charge in [0, 0.05) is 29.0 Å². The van der Waals surface area contributed by atoms with Crippen LogP contribution in [0, 0.1) is 5.92 Å². The van der Waals surface area contributed by atoms with Crippen molar-refractivity contribution < 1.29 is 9.21 Å². The normalized spacial score (nSPS) is 19.8. The van der Waals surface area contributed by atoms with Crippen molar-refractivity contribution >= 4 is 45.2 Å². The molecule has 2 atom stereocenters. The van der Waals surface area contributed by atoms with Crippen LogP contribution in [0.2, 0.25) is 0 Å². The van der Waals surface area contributed by atoms with Crippen molar-refractivity contribution in [2.75, 3.05) is 13.1 Å². The van der Waals surface area contributed by atoms with Gasteiger partial charge in [0.25, 0.3) is 5.91 Å². The molecular formula is C16H20BrClN2O2. The lowest BCUT2D eigenvalue weighted by Crippen LogP contribution is -2.44. The van der Waals surface area contributed by atoms with Crippen LogP contribution in [0.1, 0.15) is 30.3 Å². The maximum atomic E-state index is 12.6. The Hall–Kier alpha value is -1.04. The first-order chi connectivity index (χ1) is 10.0. The number of benzene rings is 1. The molecule has 0 radical (unpaired) electrons. The second kappa shape index (κ2) is 7.02. The zero-order valence-corrected chi connectivity index (χ0v) is 14.8. The number of hydrogen-bond acceptors (Lipinski definition) is 3. The van der Waals surface area contributed by atoms with Crippen molar-refractivity contribution in [2.24, 2.45) is 11.7 Å². The van der Waals surface area contributed by atoms with Crippen molar-refractivity contribution in [2.45, 2.75) is 25.8 Å². The van der Waals surface area contributed by atoms with Crippen molar-refractivity contribution in [3.63, 3.8) is 0 Å². The third kappa shape index (κ3) is 3.47. The predicted molar refractivity (Wildman–Crippen MR) is 93.4 cm³/mol. The van der Waals surface area contributed by atoms with Gasteiger partial charge in [-0.05, 0) is 49.9 Å². The summed E-state index contributed by atoms with van der Waals surface area (Å²) in [6.45, 7) is 3.51. The standard InChI is InChI=1S/C16H19BrN2O2.ClH/c1-10(18)11-3-2-6-19(9-11)16(20)15-8-12-7-13(17)4-5-14(12)21-15;/h4-5,7-8,10-11H,2-3,6,9,18H2,1H3;1H. The molecule has 3 rings (SSSR count). The Morgan fingerprint density at radius 3 is 2.95 bits per heavy atom. The number of rotatable bonds is 2. The summed E-state index contributed by atoms with van der Waals surface area (Å²) in [7, 11) is 0. The molecule has 1 aromatic heterocycles. The lowest BCUT2D eigenvalue weighted by atomic mass is 9.92. The monoisotopic (exact) mass is 386 g/mol. The third-order valence-corrected chi connectivity index (χ3v) is 4.67. The van der Waals surface area contributed by atoms with Crippen LogP contribution >= 0.6 is 28.3 Å². The summed E-state index contributed by atoms with van der Waals surface area (Å²) in [5, 5.41) is 0.938. The first-order valence-electron chi connectivity index (χ1n) is 7.28. The molecule has 1 aliphatic heterocycles. The fourth-order valence-corrected chi connectivity index (χ4v) is 3.28. The van der Waals surface area contributed by atoms with Crippen LogP contribution in [0.3, 0.4) is 0 Å². The number of piperidine rings is 1. The third-order valence-electron chi connectivity index (χ3n) is 4.18. The Kier molecular flexibility index (Phi) is 5.53. The van der Waals surface area contributed by atoms with Gasteiger partial charge in [0.05, 0.1) is 0 Å². The molecule has 1 amide bonds. The van der Waals surface area contributed by atoms with E-state index in [1.807, 2.05) is 36.1 Å². The number of halogens is 2. The van der Waals surface area contributed by atoms with E-state index in [0.717, 1.165) is 41.4 Å². The highest BCUT2D eigenvalue weighted by molar-refractivity contribution is 9.10. The van der Waals surface area contributed by atoms with Gasteiger partial charge >= 0.3 is 0 Å². The van der Waals surface area contributed by atoms with Crippen LogP contribution in [-0.2, 0) is 0 Å². The maximum absolute atomic E-state index is 12.6. The van der Waals surface area contributed by atoms with Gasteiger partial charge in [-0.2, -0.15) is 0 Å². The molecule has 2 aromatic rings. The molecule has 120 valence electrons. The number of furan rings is 1. The second-order valence-corrected chi connectivity index (χ2v) is 6.72. The highest BCUT2D eigenvalue weighted by Crippen LogP contribution is 2.26. The minimum absolute atomic E-state index is 0. The van der Waals surface area contributed by atoms with Crippen LogP contribution < -0.4 is 5.73 Å². The summed E-state index contributed by atoms with van der Waals surface area (Å²) in [5.41, 5.74) is 6.72. The fraction of sp³-hybridized carbons (Fsp3) is 0.438. The number of nitrogens with zero attached hydrogens (tertiary/aromatic N) is 1. The van der Waals surface area contributed by atoms with Gasteiger partial charge in [0.15, 0.2) is 5.76 Å². The first-order valence-corrected chi connectivity index (χ1v) is 8.08. The van der Waals surface area contributed by atoms with Crippen molar-refractivity contribution in [3.8, 4) is 0 Å². The largest absolute Gasteiger partial charge is 0.451 e. The Bertz CT molecular complexity index is 671. The number of likely N-dealkylation sites (tertiary alicyclic amines) is 1. The molecule has 2 heterocycles. The van der Waals surface area contributed by atoms with Gasteiger partial charge in [0.2, 0.25) is 0 Å². The summed E-state index contributed by atoms with van der Waals surface area (Å²) in [4.78, 5) is 14.5. The lowest BCUT2D eigenvalue weighted by Gasteiger charge is -2.34. The molecule has 6 heteroatoms. The fourth-order valence-electron chi connectivity index (χ4n) is 2.90. The molecule has 2 N–H and O–H groups in total. The van der Waals surface area contributed by atoms with E-state index in [1.54, 1.807) is 0 Å². The number of carbonyl (C=O) groups excluding carboxylic acids is 1. The van der Waals surface area contributed by atoms with Crippen molar-refractivity contribution in [1.82, 2.24) is 4.90 Å². The van der Waals surface area contributed by atoms with Gasteiger partial charge in [-0.25, -0.2) is 0 Å². The highest BCUT2D eigenvalue weighted by atomic mass is 79.9. The van der Waals surface area contributed by atoms with Crippen LogP contribution in [-0.4, -0.2) is 29.9 Å². The molecule has 1 saturated heterocycles. The molecule has 22 heavy (non-hydrogen) atoms. The summed E-state index contributed by atoms with van der Waals surface area (Å²) in [6, 6.07) is 7.67. The molecular weight excluding hydrogens is 368 g/mol. The number of nitrogens with two attached hydrogens (primary N) is 1. The molecule has 1 aromatic carbocycles. The Morgan fingerprint density at radius 1 is 1.45 bits per heavy atom. The summed E-state index contributed by atoms with van der Waals surface area (Å²) in [5.74, 6) is 0.752. The highest BCUT2D eigenvalue weighted by Gasteiger charge is 2.28. The Morgan fingerprint density at radius 2 is 2.23 bits per heavy atom. The quantitative estimate of drug-likeness (QED) is 0.852. The SMILES string of the molecule is CC(N)C1CCCN(C(=O)c2cc3cc(Br)ccc3o2)C1.Cl. The maximum Gasteiger partial charge on any atom is 0.289 e. The van der Waals surface area contributed by atoms with Gasteiger partial charge in [-0.15, -0.1) is 12.4 Å². The van der Waals surface area contributed by atoms with E-state index in [1.165, 1.54) is 0 Å². The van der Waals surface area contributed by atoms with Gasteiger partial charge < -0.3 is 15.1 Å². The van der Waals surface area contributed by atoms with Gasteiger partial charge in [0.1, 0.15) is 5.58 Å². The van der Waals surface area contributed by atoms with Crippen LogP contribution in [0.5, 0.6) is 0 Å². The first kappa shape index (κ1) is 17.3. The van der Waals surface area contributed by atoms with E-state index in [9.17, 15) is 4.79 Å². The zero-order valence-electron chi connectivity index (χ0n) is 12.4. The van der Waals surface area contributed by atoms with Gasteiger partial charge in [-0.3, -0.25) is 4.79 Å². The summed E-state index contributed by atoms with van der Waals surface area (Å²) < 4.78 is 6.67. The van der Waals surface area contributed by atoms with E-state index < -0.39 is 0 Å². The zero-order chi connectivity index (χ0) is 15.0. The van der Waals surface area contributed by atoms with Crippen LogP contribution in [0.15, 0.2) is 33.2 Å². The number of amides is 1. The molecule has 0 saturated carbocycles. The molecule has 0 aliphatic carbocycles. The van der Waals surface area contributed by atoms with Crippen LogP contribution in [0.4, 0.5) is 0 Å². The van der Waals surface area contributed by atoms with E-state index in [0.29, 0.717) is 11.7 Å². The molecule has 0 bridgehead atoms. The molecule has 4 nitrogen and oxygen atoms in total. The molecule has 1 fully saturated rings. The second-order valence-electron chi connectivity index (χ2n) is 5.81. The average molecular weight is 388 g/mol. The van der Waals surface area contributed by atoms with E-state index in [4.69, 9.17) is 10.2 Å². The van der Waals surface area contributed by atoms with E-state index >= 15 is 0 Å². The van der Waals surface area contributed by atoms with Crippen molar-refractivity contribution in [3.05, 3.63) is 34.5 Å². The summed E-state index contributed by atoms with van der Waals surface area (Å²) in [6.07, 6.45) is 2.10. The number of fused-ring (bicyclic) bond motifs is 1. The Labute approximate surface area is 144 Å². The topological polar surface area (TPSA) is 59.5 Å². The van der Waals surface area contributed by atoms with Crippen LogP contribution in [0.25, 0.3) is 11.0 Å². The predicted octanol–water partition coefficient (Wildman–Crippen LogP) is 3.82. The van der Waals surface area contributed by atoms with Crippen molar-refractivity contribution in [1.29, 1.82) is 0 Å². The van der Waals surface area contributed by atoms with E-state index in [2.05, 4.69) is 15.9 Å². The van der Waals surface area contributed by atoms with Gasteiger partial charge in [-0.1, -0.05) is 15.9 Å².